The molecule has 15 heterocycles. The number of rotatable bonds is 25. The van der Waals surface area contributed by atoms with Gasteiger partial charge in [0.1, 0.15) is 44.1 Å². The third kappa shape index (κ3) is 19.2. The Hall–Kier alpha value is -13.6. The van der Waals surface area contributed by atoms with Crippen LogP contribution in [-0.4, -0.2) is 203 Å². The Morgan fingerprint density at radius 2 is 0.946 bits per heavy atom. The average molecular weight is 1790 g/mol. The highest BCUT2D eigenvalue weighted by molar-refractivity contribution is 7.90. The molecule has 0 radical (unpaired) electrons. The SMILES string of the molecule is CC(=O)c1ccc(-c2cncc3[nH]c(-c4n[nH]c5ccc(-c6cncc(CNCC7CCCC7)c6)cc45)nc23)s1.CN(C)CCNc1cc(F)cc(-c2cncc3[nH]c(-c4n[nH]c5ccc(-c6cncc(CN7CCC(F)(F)C7)c6)cc45)nc23)c1.CS(=O)(=O)CCc1cc(F)cc(-c2cncc3[nH]c(-c4n[nH]c5ccc(-c6cncc(CN7CCC(F)(F)C7)c6)cc45)nc23)c1. The Morgan fingerprint density at radius 3 is 1.41 bits per heavy atom. The van der Waals surface area contributed by atoms with Gasteiger partial charge in [-0.25, -0.2) is 49.7 Å². The van der Waals surface area contributed by atoms with Crippen molar-refractivity contribution in [1.29, 1.82) is 0 Å². The Balaban J connectivity index is 0.000000127. The van der Waals surface area contributed by atoms with Crippen molar-refractivity contribution in [2.75, 3.05) is 77.2 Å². The second-order valence-corrected chi connectivity index (χ2v) is 37.4. The van der Waals surface area contributed by atoms with Crippen LogP contribution in [0.2, 0.25) is 0 Å². The molecule has 0 unspecified atom stereocenters. The van der Waals surface area contributed by atoms with E-state index in [9.17, 15) is 39.6 Å². The van der Waals surface area contributed by atoms with E-state index in [2.05, 4.69) is 115 Å². The Labute approximate surface area is 745 Å². The summed E-state index contributed by atoms with van der Waals surface area (Å²) in [5.41, 5.74) is 21.9. The molecule has 13 aromatic heterocycles. The molecule has 660 valence electrons. The molecule has 8 N–H and O–H groups in total. The molecule has 34 heteroatoms. The van der Waals surface area contributed by atoms with Gasteiger partial charge in [-0.3, -0.25) is 59.8 Å². The second kappa shape index (κ2) is 36.1. The first kappa shape index (κ1) is 85.8. The molecule has 2 saturated heterocycles. The molecule has 130 heavy (non-hydrogen) atoms. The maximum atomic E-state index is 14.7. The molecule has 0 spiro atoms. The molecule has 18 aromatic rings. The number of carbonyl (C=O) groups excluding carboxylic acids is 1. The summed E-state index contributed by atoms with van der Waals surface area (Å²) in [4.78, 5) is 70.2. The number of benzene rings is 5. The van der Waals surface area contributed by atoms with E-state index in [1.54, 1.807) is 84.8 Å². The van der Waals surface area contributed by atoms with Crippen molar-refractivity contribution in [3.63, 3.8) is 0 Å². The summed E-state index contributed by atoms with van der Waals surface area (Å²) in [6, 6.07) is 37.4. The van der Waals surface area contributed by atoms with E-state index in [0.29, 0.717) is 117 Å². The van der Waals surface area contributed by atoms with Crippen LogP contribution in [-0.2, 0) is 35.9 Å². The number of thiophene rings is 1. The van der Waals surface area contributed by atoms with Gasteiger partial charge in [0.15, 0.2) is 23.3 Å². The highest BCUT2D eigenvalue weighted by Crippen LogP contribution is 2.41. The maximum absolute atomic E-state index is 14.7. The van der Waals surface area contributed by atoms with E-state index in [1.807, 2.05) is 93.2 Å². The lowest BCUT2D eigenvalue weighted by Crippen LogP contribution is -2.24. The fraction of sp³-hybridized carbons (Fsp3) is 0.260. The van der Waals surface area contributed by atoms with Gasteiger partial charge in [0.05, 0.1) is 86.4 Å². The number of pyridine rings is 6. The molecule has 26 nitrogen and oxygen atoms in total. The number of aryl methyl sites for hydroxylation is 1. The molecule has 0 atom stereocenters. The van der Waals surface area contributed by atoms with Crippen molar-refractivity contribution < 1.29 is 39.6 Å². The minimum atomic E-state index is -3.21. The zero-order valence-corrected chi connectivity index (χ0v) is 72.9. The first-order chi connectivity index (χ1) is 62.8. The third-order valence-corrected chi connectivity index (χ3v) is 26.0. The summed E-state index contributed by atoms with van der Waals surface area (Å²) in [7, 11) is 0.765. The van der Waals surface area contributed by atoms with Gasteiger partial charge in [-0.1, -0.05) is 37.1 Å². The number of halogens is 6. The largest absolute Gasteiger partial charge is 0.384 e. The lowest BCUT2D eigenvalue weighted by Gasteiger charge is -2.15. The van der Waals surface area contributed by atoms with Gasteiger partial charge in [-0.2, -0.15) is 15.3 Å². The Kier molecular flexibility index (Phi) is 23.8. The van der Waals surface area contributed by atoms with E-state index in [0.717, 1.165) is 141 Å². The molecule has 0 bridgehead atoms. The molecule has 1 saturated carbocycles. The van der Waals surface area contributed by atoms with Crippen LogP contribution in [0.25, 0.3) is 166 Å². The quantitative estimate of drug-likeness (QED) is 0.0195. The maximum Gasteiger partial charge on any atom is 0.261 e. The number of aromatic amines is 6. The summed E-state index contributed by atoms with van der Waals surface area (Å²) >= 11 is 1.45. The lowest BCUT2D eigenvalue weighted by molar-refractivity contribution is 0.0108. The molecule has 21 rings (SSSR count). The van der Waals surface area contributed by atoms with Gasteiger partial charge in [0.2, 0.25) is 0 Å². The van der Waals surface area contributed by atoms with Crippen LogP contribution < -0.4 is 10.6 Å². The fourth-order valence-electron chi connectivity index (χ4n) is 17.3. The van der Waals surface area contributed by atoms with Gasteiger partial charge in [0, 0.05) is 181 Å². The lowest BCUT2D eigenvalue weighted by atomic mass is 10.0. The second-order valence-electron chi connectivity index (χ2n) is 34.1. The van der Waals surface area contributed by atoms with Gasteiger partial charge in [0.25, 0.3) is 11.8 Å². The number of hydrogen-bond acceptors (Lipinski definition) is 21. The molecule has 2 aliphatic heterocycles. The van der Waals surface area contributed by atoms with Crippen molar-refractivity contribution in [2.24, 2.45) is 5.92 Å². The van der Waals surface area contributed by atoms with Crippen molar-refractivity contribution >= 4 is 98.5 Å². The van der Waals surface area contributed by atoms with Crippen molar-refractivity contribution in [3.05, 3.63) is 234 Å². The van der Waals surface area contributed by atoms with Crippen LogP contribution in [0.5, 0.6) is 0 Å². The van der Waals surface area contributed by atoms with Crippen LogP contribution >= 0.6 is 11.3 Å². The normalized spacial score (nSPS) is 14.9. The summed E-state index contributed by atoms with van der Waals surface area (Å²) in [6.45, 7) is 6.02. The summed E-state index contributed by atoms with van der Waals surface area (Å²) < 4.78 is 107. The van der Waals surface area contributed by atoms with Crippen LogP contribution in [0.1, 0.15) is 77.4 Å². The van der Waals surface area contributed by atoms with E-state index in [4.69, 9.17) is 15.0 Å². The van der Waals surface area contributed by atoms with Crippen LogP contribution in [0, 0.1) is 17.6 Å². The molecule has 1 aliphatic carbocycles. The van der Waals surface area contributed by atoms with Gasteiger partial charge in [-0.15, -0.1) is 11.3 Å². The van der Waals surface area contributed by atoms with Crippen molar-refractivity contribution in [1.82, 2.24) is 110 Å². The summed E-state index contributed by atoms with van der Waals surface area (Å²) in [5, 5.41) is 32.5. The predicted molar refractivity (Wildman–Crippen MR) is 495 cm³/mol. The highest BCUT2D eigenvalue weighted by atomic mass is 32.2. The van der Waals surface area contributed by atoms with Gasteiger partial charge in [-0.05, 0) is 200 Å². The molecule has 3 fully saturated rings. The standard InChI is InChI=1S/C33H32F3N9.C32H28F3N7O2S.C31H29N7OS/c1-44(2)8-6-39-25-11-22(10-24(34)13-25)27-16-38-17-29-30(27)41-32(40-29)31-26-12-21(3-4-28(26)42-43-31)23-9-20(14-37-15-23)18-45-7-5-33(35,36)19-45;1-45(43,44)7-4-19-8-22(11-24(33)10-19)26-15-37-16-28-29(26)39-31(38-28)30-25-12-21(2-3-27(25)40-41-30)23-9-20(13-36-14-23)17-42-6-5-32(34,35)18-42;1-18(39)27-8-9-28(40-27)24-16-34-17-26-29(24)36-31(35-26)30-23-11-21(6-7-25(23)37-38-30)22-10-20(14-33-15-22)13-32-12-19-4-2-3-5-19/h3-4,9-17,39H,5-8,18-19H2,1-2H3,(H,40,41)(H,42,43);2-3,8-16H,4-7,17-18H2,1H3,(H,38,39)(H,40,41);6-11,14-17,19,32H,2-5,12-13H2,1H3,(H,35,36)(H,37,38). The van der Waals surface area contributed by atoms with E-state index < -0.39 is 27.5 Å². The van der Waals surface area contributed by atoms with Gasteiger partial charge < -0.3 is 30.5 Å². The number of aromatic nitrogens is 18. The predicted octanol–water partition coefficient (Wildman–Crippen LogP) is 18.8. The number of nitrogens with one attached hydrogen (secondary N) is 8. The monoisotopic (exact) mass is 1790 g/mol. The smallest absolute Gasteiger partial charge is 0.261 e. The molecule has 3 aliphatic rings. The minimum Gasteiger partial charge on any atom is -0.384 e. The number of alkyl halides is 4. The number of nitrogens with zero attached hydrogens (tertiary/aromatic N) is 15. The summed E-state index contributed by atoms with van der Waals surface area (Å²) in [6.07, 6.45) is 27.5. The summed E-state index contributed by atoms with van der Waals surface area (Å²) in [5.74, 6) is -3.64. The number of anilines is 1. The number of ketones is 1. The van der Waals surface area contributed by atoms with Crippen LogP contribution in [0.3, 0.4) is 0 Å². The minimum absolute atomic E-state index is 0.0546. The molecular weight excluding hydrogens is 1700 g/mol. The number of sulfone groups is 1. The number of likely N-dealkylation sites (N-methyl/N-ethyl adjacent to an activating group) is 1. The number of Topliss-reactive ketones (excluding diaryl/α,β-unsaturated/α-hetero) is 1. The number of fused-ring (bicyclic) bond motifs is 6. The third-order valence-electron chi connectivity index (χ3n) is 23.8. The fourth-order valence-corrected chi connectivity index (χ4v) is 18.8. The number of likely N-dealkylation sites (tertiary alicyclic amines) is 2. The molecule has 5 aromatic carbocycles. The Bertz CT molecular complexity index is 7400. The number of H-pyrrole nitrogens is 6. The van der Waals surface area contributed by atoms with E-state index >= 15 is 0 Å². The zero-order chi connectivity index (χ0) is 89.5. The zero-order valence-electron chi connectivity index (χ0n) is 71.3. The molecule has 0 amide bonds. The van der Waals surface area contributed by atoms with E-state index in [-0.39, 0.29) is 49.7 Å². The Morgan fingerprint density at radius 1 is 0.500 bits per heavy atom. The number of imidazole rings is 3. The number of hydrogen-bond donors (Lipinski definition) is 8. The topological polar surface area (TPSA) is 334 Å². The highest BCUT2D eigenvalue weighted by Gasteiger charge is 2.39. The first-order valence-electron chi connectivity index (χ1n) is 42.8. The molecular formula is C96H89F6N23O3S2. The first-order valence-corrected chi connectivity index (χ1v) is 45.7. The average Bonchev–Trinajstić information content (AvgIpc) is 1.62. The van der Waals surface area contributed by atoms with E-state index in [1.165, 1.54) is 66.8 Å². The van der Waals surface area contributed by atoms with Gasteiger partial charge >= 0.3 is 0 Å². The van der Waals surface area contributed by atoms with Crippen molar-refractivity contribution in [3.8, 4) is 101 Å². The number of carbonyl (C=O) groups is 1. The van der Waals surface area contributed by atoms with Crippen LogP contribution in [0.15, 0.2) is 196 Å². The van der Waals surface area contributed by atoms with Crippen LogP contribution in [0.4, 0.5) is 32.0 Å². The van der Waals surface area contributed by atoms with Crippen molar-refractivity contribution in [2.45, 2.75) is 83.3 Å².